The van der Waals surface area contributed by atoms with E-state index in [1.807, 2.05) is 24.3 Å². The van der Waals surface area contributed by atoms with Gasteiger partial charge in [0.25, 0.3) is 10.0 Å². The fourth-order valence-electron chi connectivity index (χ4n) is 3.78. The molecule has 9 nitrogen and oxygen atoms in total. The number of benzene rings is 1. The molecule has 1 fully saturated rings. The smallest absolute Gasteiger partial charge is 0.262 e. The molecule has 1 aromatic carbocycles. The van der Waals surface area contributed by atoms with Crippen molar-refractivity contribution in [3.63, 3.8) is 0 Å². The van der Waals surface area contributed by atoms with Crippen LogP contribution in [0.2, 0.25) is 0 Å². The van der Waals surface area contributed by atoms with E-state index in [0.29, 0.717) is 24.4 Å². The third-order valence-electron chi connectivity index (χ3n) is 5.24. The van der Waals surface area contributed by atoms with E-state index in [-0.39, 0.29) is 11.0 Å². The number of sulfonamides is 1. The second kappa shape index (κ2) is 8.04. The fourth-order valence-corrected chi connectivity index (χ4v) is 5.41. The van der Waals surface area contributed by atoms with Gasteiger partial charge in [0.05, 0.1) is 25.2 Å². The highest BCUT2D eigenvalue weighted by Crippen LogP contribution is 2.39. The first-order chi connectivity index (χ1) is 14.4. The molecule has 158 valence electrons. The first-order valence-electron chi connectivity index (χ1n) is 9.67. The van der Waals surface area contributed by atoms with Crippen LogP contribution in [-0.4, -0.2) is 45.9 Å². The van der Waals surface area contributed by atoms with E-state index in [9.17, 15) is 8.42 Å². The zero-order valence-electron chi connectivity index (χ0n) is 16.9. The van der Waals surface area contributed by atoms with Crippen LogP contribution in [-0.2, 0) is 17.1 Å². The van der Waals surface area contributed by atoms with Crippen LogP contribution in [0.3, 0.4) is 0 Å². The molecule has 3 aromatic rings. The molecule has 0 aliphatic carbocycles. The Balaban J connectivity index is 1.82. The molecule has 10 heteroatoms. The van der Waals surface area contributed by atoms with Crippen molar-refractivity contribution in [1.29, 1.82) is 0 Å². The lowest BCUT2D eigenvalue weighted by Crippen LogP contribution is -2.39. The minimum absolute atomic E-state index is 0.0295. The van der Waals surface area contributed by atoms with Gasteiger partial charge in [-0.2, -0.15) is 4.31 Å². The van der Waals surface area contributed by atoms with Crippen LogP contribution >= 0.6 is 0 Å². The Bertz CT molecular complexity index is 1160. The van der Waals surface area contributed by atoms with Crippen LogP contribution in [0, 0.1) is 0 Å². The van der Waals surface area contributed by atoms with Gasteiger partial charge < -0.3 is 15.0 Å². The maximum atomic E-state index is 13.4. The summed E-state index contributed by atoms with van der Waals surface area (Å²) in [6.45, 7) is 0.394. The number of piperidine rings is 1. The van der Waals surface area contributed by atoms with Gasteiger partial charge in [-0.3, -0.25) is 0 Å². The number of ether oxygens (including phenoxy) is 1. The summed E-state index contributed by atoms with van der Waals surface area (Å²) in [6, 6.07) is 7.05. The highest BCUT2D eigenvalue weighted by molar-refractivity contribution is 7.89. The maximum absolute atomic E-state index is 13.4. The zero-order valence-corrected chi connectivity index (χ0v) is 17.7. The number of aromatic nitrogens is 4. The molecule has 1 aliphatic rings. The van der Waals surface area contributed by atoms with Gasteiger partial charge in [0.2, 0.25) is 5.95 Å². The van der Waals surface area contributed by atoms with E-state index in [0.717, 1.165) is 24.0 Å². The van der Waals surface area contributed by atoms with E-state index >= 15 is 0 Å². The standard InChI is InChI=1S/C20H24N6O3S/c1-25-12-18(23-13-25)30(27,28)26-9-4-3-8-17(26)19-16(11-22-20(21)24-19)14-6-5-7-15(10-14)29-2/h5-7,10-13,17H,3-4,8-9H2,1-2H3,(H2,21,22,24)/t17-/m0/s1. The third kappa shape index (κ3) is 3.75. The molecular formula is C20H24N6O3S. The zero-order chi connectivity index (χ0) is 21.3. The Morgan fingerprint density at radius 2 is 2.07 bits per heavy atom. The van der Waals surface area contributed by atoms with Crippen molar-refractivity contribution in [2.75, 3.05) is 19.4 Å². The van der Waals surface area contributed by atoms with Crippen molar-refractivity contribution in [2.24, 2.45) is 7.05 Å². The molecule has 4 rings (SSSR count). The highest BCUT2D eigenvalue weighted by Gasteiger charge is 2.37. The fraction of sp³-hybridized carbons (Fsp3) is 0.350. The lowest BCUT2D eigenvalue weighted by molar-refractivity contribution is 0.251. The van der Waals surface area contributed by atoms with Crippen LogP contribution < -0.4 is 10.5 Å². The predicted molar refractivity (Wildman–Crippen MR) is 112 cm³/mol. The molecule has 0 unspecified atom stereocenters. The molecule has 2 aromatic heterocycles. The summed E-state index contributed by atoms with van der Waals surface area (Å²) in [6.07, 6.45) is 6.94. The highest BCUT2D eigenvalue weighted by atomic mass is 32.2. The van der Waals surface area contributed by atoms with Gasteiger partial charge in [-0.1, -0.05) is 18.6 Å². The van der Waals surface area contributed by atoms with Gasteiger partial charge in [0.1, 0.15) is 5.75 Å². The third-order valence-corrected chi connectivity index (χ3v) is 7.04. The molecule has 30 heavy (non-hydrogen) atoms. The van der Waals surface area contributed by atoms with Crippen LogP contribution in [0.15, 0.2) is 48.0 Å². The normalized spacial score (nSPS) is 17.7. The van der Waals surface area contributed by atoms with Crippen LogP contribution in [0.25, 0.3) is 11.1 Å². The van der Waals surface area contributed by atoms with E-state index in [2.05, 4.69) is 15.0 Å². The SMILES string of the molecule is COc1cccc(-c2cnc(N)nc2[C@@H]2CCCCN2S(=O)(=O)c2cn(C)cn2)c1. The Hall–Kier alpha value is -2.98. The van der Waals surface area contributed by atoms with Gasteiger partial charge in [-0.25, -0.2) is 23.4 Å². The number of methoxy groups -OCH3 is 1. The molecule has 3 heterocycles. The monoisotopic (exact) mass is 428 g/mol. The molecule has 1 saturated heterocycles. The van der Waals surface area contributed by atoms with Crippen molar-refractivity contribution in [2.45, 2.75) is 30.3 Å². The van der Waals surface area contributed by atoms with Gasteiger partial charge in [0.15, 0.2) is 5.03 Å². The van der Waals surface area contributed by atoms with Crippen molar-refractivity contribution < 1.29 is 13.2 Å². The number of hydrogen-bond donors (Lipinski definition) is 1. The number of rotatable bonds is 5. The molecule has 0 amide bonds. The maximum Gasteiger partial charge on any atom is 0.262 e. The van der Waals surface area contributed by atoms with Gasteiger partial charge in [-0.05, 0) is 30.5 Å². The number of nitrogens with two attached hydrogens (primary N) is 1. The Morgan fingerprint density at radius 3 is 2.80 bits per heavy atom. The summed E-state index contributed by atoms with van der Waals surface area (Å²) < 4.78 is 35.2. The number of hydrogen-bond acceptors (Lipinski definition) is 7. The average molecular weight is 429 g/mol. The summed E-state index contributed by atoms with van der Waals surface area (Å²) in [5.74, 6) is 0.800. The van der Waals surface area contributed by atoms with Crippen LogP contribution in [0.1, 0.15) is 31.0 Å². The second-order valence-electron chi connectivity index (χ2n) is 7.26. The molecule has 0 radical (unpaired) electrons. The molecule has 0 saturated carbocycles. The molecule has 0 spiro atoms. The lowest BCUT2D eigenvalue weighted by atomic mass is 9.95. The van der Waals surface area contributed by atoms with Crippen LogP contribution in [0.5, 0.6) is 5.75 Å². The molecule has 1 atom stereocenters. The van der Waals surface area contributed by atoms with Crippen molar-refractivity contribution in [1.82, 2.24) is 23.8 Å². The van der Waals surface area contributed by atoms with Crippen molar-refractivity contribution >= 4 is 16.0 Å². The van der Waals surface area contributed by atoms with Crippen LogP contribution in [0.4, 0.5) is 5.95 Å². The molecular weight excluding hydrogens is 404 g/mol. The summed E-state index contributed by atoms with van der Waals surface area (Å²) in [5.41, 5.74) is 8.07. The van der Waals surface area contributed by atoms with Gasteiger partial charge in [0, 0.05) is 31.5 Å². The first kappa shape index (κ1) is 20.3. The number of aryl methyl sites for hydroxylation is 1. The quantitative estimate of drug-likeness (QED) is 0.663. The number of nitrogen functional groups attached to an aromatic ring is 1. The number of imidazole rings is 1. The largest absolute Gasteiger partial charge is 0.497 e. The average Bonchev–Trinajstić information content (AvgIpc) is 3.21. The molecule has 1 aliphatic heterocycles. The van der Waals surface area contributed by atoms with Crippen molar-refractivity contribution in [3.8, 4) is 16.9 Å². The predicted octanol–water partition coefficient (Wildman–Crippen LogP) is 2.38. The first-order valence-corrected chi connectivity index (χ1v) is 11.1. The Morgan fingerprint density at radius 1 is 1.23 bits per heavy atom. The van der Waals surface area contributed by atoms with E-state index in [1.165, 1.54) is 16.8 Å². The van der Waals surface area contributed by atoms with Gasteiger partial charge >= 0.3 is 0 Å². The van der Waals surface area contributed by atoms with Crippen molar-refractivity contribution in [3.05, 3.63) is 48.7 Å². The Labute approximate surface area is 175 Å². The topological polar surface area (TPSA) is 116 Å². The minimum Gasteiger partial charge on any atom is -0.497 e. The lowest BCUT2D eigenvalue weighted by Gasteiger charge is -2.34. The number of nitrogens with zero attached hydrogens (tertiary/aromatic N) is 5. The summed E-state index contributed by atoms with van der Waals surface area (Å²) in [5, 5.41) is 0.0295. The number of anilines is 1. The summed E-state index contributed by atoms with van der Waals surface area (Å²) in [7, 11) is -0.447. The van der Waals surface area contributed by atoms with Gasteiger partial charge in [-0.15, -0.1) is 0 Å². The molecule has 0 bridgehead atoms. The van der Waals surface area contributed by atoms with E-state index in [1.54, 1.807) is 24.9 Å². The second-order valence-corrected chi connectivity index (χ2v) is 9.10. The minimum atomic E-state index is -3.79. The molecule has 2 N–H and O–H groups in total. The van der Waals surface area contributed by atoms with E-state index in [4.69, 9.17) is 10.5 Å². The Kier molecular flexibility index (Phi) is 5.44. The summed E-state index contributed by atoms with van der Waals surface area (Å²) >= 11 is 0. The summed E-state index contributed by atoms with van der Waals surface area (Å²) in [4.78, 5) is 12.7. The van der Waals surface area contributed by atoms with E-state index < -0.39 is 16.1 Å².